The molecule has 0 radical (unpaired) electrons. The third kappa shape index (κ3) is 8.85. The van der Waals surface area contributed by atoms with Gasteiger partial charge in [-0.3, -0.25) is 9.59 Å². The molecule has 1 aromatic carbocycles. The summed E-state index contributed by atoms with van der Waals surface area (Å²) in [5.74, 6) is -1.65. The van der Waals surface area contributed by atoms with E-state index in [9.17, 15) is 22.8 Å². The molecule has 152 valence electrons. The van der Waals surface area contributed by atoms with Crippen molar-refractivity contribution in [3.8, 4) is 5.75 Å². The van der Waals surface area contributed by atoms with E-state index in [0.717, 1.165) is 6.07 Å². The van der Waals surface area contributed by atoms with Gasteiger partial charge in [-0.05, 0) is 39.0 Å². The molecule has 1 rings (SSSR count). The number of rotatable bonds is 7. The largest absolute Gasteiger partial charge is 0.573 e. The quantitative estimate of drug-likeness (QED) is 0.633. The van der Waals surface area contributed by atoms with Gasteiger partial charge in [-0.2, -0.15) is 0 Å². The summed E-state index contributed by atoms with van der Waals surface area (Å²) in [5.41, 5.74) is -0.340. The van der Waals surface area contributed by atoms with Crippen molar-refractivity contribution in [2.75, 3.05) is 25.1 Å². The number of carbonyl (C=O) groups is 2. The molecule has 0 bridgehead atoms. The normalized spacial score (nSPS) is 11.7. The van der Waals surface area contributed by atoms with Crippen molar-refractivity contribution < 1.29 is 37.0 Å². The second-order valence-corrected chi connectivity index (χ2v) is 6.90. The molecular weight excluding hydrogens is 391 g/mol. The minimum Gasteiger partial charge on any atom is -0.468 e. The Bertz CT molecular complexity index is 674. The fourth-order valence-electron chi connectivity index (χ4n) is 2.03. The first-order valence-electron chi connectivity index (χ1n) is 7.89. The molecule has 0 spiro atoms. The third-order valence-electron chi connectivity index (χ3n) is 3.06. The molecule has 1 aromatic rings. The Balaban J connectivity index is 2.94. The molecule has 6 nitrogen and oxygen atoms in total. The van der Waals surface area contributed by atoms with E-state index in [1.807, 2.05) is 0 Å². The van der Waals surface area contributed by atoms with Crippen LogP contribution in [0.4, 0.5) is 18.9 Å². The molecule has 0 aliphatic rings. The van der Waals surface area contributed by atoms with Gasteiger partial charge in [0.05, 0.1) is 18.6 Å². The van der Waals surface area contributed by atoms with Gasteiger partial charge in [-0.1, -0.05) is 11.6 Å². The molecule has 0 N–H and O–H groups in total. The van der Waals surface area contributed by atoms with E-state index in [-0.39, 0.29) is 24.5 Å². The maximum atomic E-state index is 12.3. The molecule has 0 aliphatic heterocycles. The molecule has 0 amide bonds. The minimum atomic E-state index is -4.88. The lowest BCUT2D eigenvalue weighted by Gasteiger charge is -2.25. The Morgan fingerprint density at radius 2 is 1.78 bits per heavy atom. The van der Waals surface area contributed by atoms with Gasteiger partial charge < -0.3 is 19.1 Å². The highest BCUT2D eigenvalue weighted by atomic mass is 35.5. The van der Waals surface area contributed by atoms with Crippen LogP contribution < -0.4 is 9.64 Å². The van der Waals surface area contributed by atoms with E-state index in [1.165, 1.54) is 24.1 Å². The average Bonchev–Trinajstić information content (AvgIpc) is 2.50. The number of alkyl halides is 3. The summed E-state index contributed by atoms with van der Waals surface area (Å²) in [6.45, 7) is 5.00. The summed E-state index contributed by atoms with van der Waals surface area (Å²) < 4.78 is 50.6. The van der Waals surface area contributed by atoms with Gasteiger partial charge in [0, 0.05) is 12.2 Å². The topological polar surface area (TPSA) is 65.1 Å². The molecule has 0 fully saturated rings. The third-order valence-corrected chi connectivity index (χ3v) is 3.36. The van der Waals surface area contributed by atoms with Crippen LogP contribution in [0, 0.1) is 0 Å². The number of methoxy groups -OCH3 is 1. The Morgan fingerprint density at radius 1 is 1.15 bits per heavy atom. The Kier molecular flexibility index (Phi) is 7.77. The van der Waals surface area contributed by atoms with Gasteiger partial charge in [0.15, 0.2) is 0 Å². The van der Waals surface area contributed by atoms with Crippen molar-refractivity contribution in [2.24, 2.45) is 0 Å². The molecule has 0 saturated heterocycles. The summed E-state index contributed by atoms with van der Waals surface area (Å²) in [7, 11) is 1.20. The number of esters is 2. The number of nitrogens with zero attached hydrogens (tertiary/aromatic N) is 1. The maximum absolute atomic E-state index is 12.3. The van der Waals surface area contributed by atoms with Crippen molar-refractivity contribution >= 4 is 29.2 Å². The summed E-state index contributed by atoms with van der Waals surface area (Å²) in [5, 5.41) is -0.294. The highest BCUT2D eigenvalue weighted by Crippen LogP contribution is 2.33. The first-order valence-corrected chi connectivity index (χ1v) is 8.27. The van der Waals surface area contributed by atoms with Gasteiger partial charge in [-0.15, -0.1) is 13.2 Å². The molecule has 10 heteroatoms. The number of ether oxygens (including phenoxy) is 3. The second-order valence-electron chi connectivity index (χ2n) is 6.50. The predicted octanol–water partition coefficient (Wildman–Crippen LogP) is 3.95. The molecule has 0 heterocycles. The number of halogens is 4. The van der Waals surface area contributed by atoms with Crippen molar-refractivity contribution in [2.45, 2.75) is 39.2 Å². The fraction of sp³-hybridized carbons (Fsp3) is 0.529. The fourth-order valence-corrected chi connectivity index (χ4v) is 2.25. The van der Waals surface area contributed by atoms with Crippen LogP contribution in [0.15, 0.2) is 18.2 Å². The van der Waals surface area contributed by atoms with Crippen LogP contribution in [0.2, 0.25) is 5.02 Å². The summed E-state index contributed by atoms with van der Waals surface area (Å²) in [6, 6.07) is 3.54. The lowest BCUT2D eigenvalue weighted by Crippen LogP contribution is -2.34. The van der Waals surface area contributed by atoms with Gasteiger partial charge >= 0.3 is 18.3 Å². The predicted molar refractivity (Wildman–Crippen MR) is 92.8 cm³/mol. The number of carbonyl (C=O) groups excluding carboxylic acids is 2. The molecule has 27 heavy (non-hydrogen) atoms. The van der Waals surface area contributed by atoms with E-state index in [2.05, 4.69) is 9.47 Å². The van der Waals surface area contributed by atoms with Crippen LogP contribution in [0.5, 0.6) is 5.75 Å². The van der Waals surface area contributed by atoms with E-state index in [1.54, 1.807) is 20.8 Å². The van der Waals surface area contributed by atoms with Gasteiger partial charge in [0.25, 0.3) is 0 Å². The van der Waals surface area contributed by atoms with Gasteiger partial charge in [-0.25, -0.2) is 0 Å². The van der Waals surface area contributed by atoms with Gasteiger partial charge in [0.1, 0.15) is 17.9 Å². The Hall–Kier alpha value is -2.16. The molecule has 0 atom stereocenters. The van der Waals surface area contributed by atoms with Crippen molar-refractivity contribution in [1.29, 1.82) is 0 Å². The zero-order chi connectivity index (χ0) is 20.8. The number of hydrogen-bond acceptors (Lipinski definition) is 6. The van der Waals surface area contributed by atoms with Crippen LogP contribution in [0.1, 0.15) is 27.2 Å². The lowest BCUT2D eigenvalue weighted by atomic mass is 10.2. The molecule has 0 aliphatic carbocycles. The minimum absolute atomic E-state index is 0.0489. The first kappa shape index (κ1) is 22.9. The van der Waals surface area contributed by atoms with Crippen molar-refractivity contribution in [3.63, 3.8) is 0 Å². The Labute approximate surface area is 160 Å². The zero-order valence-electron chi connectivity index (χ0n) is 15.4. The van der Waals surface area contributed by atoms with E-state index >= 15 is 0 Å². The summed E-state index contributed by atoms with van der Waals surface area (Å²) in [6.07, 6.45) is -4.93. The van der Waals surface area contributed by atoms with E-state index < -0.39 is 29.7 Å². The SMILES string of the molecule is COC(=O)CN(CCC(=O)OC(C)(C)C)c1ccc(OC(F)(F)F)c(Cl)c1. The average molecular weight is 412 g/mol. The molecule has 0 aromatic heterocycles. The van der Waals surface area contributed by atoms with Crippen molar-refractivity contribution in [3.05, 3.63) is 23.2 Å². The smallest absolute Gasteiger partial charge is 0.468 e. The zero-order valence-corrected chi connectivity index (χ0v) is 16.1. The van der Waals surface area contributed by atoms with Gasteiger partial charge in [0.2, 0.25) is 0 Å². The number of anilines is 1. The monoisotopic (exact) mass is 411 g/mol. The van der Waals surface area contributed by atoms with E-state index in [4.69, 9.17) is 16.3 Å². The highest BCUT2D eigenvalue weighted by molar-refractivity contribution is 6.32. The van der Waals surface area contributed by atoms with Crippen LogP contribution in [0.3, 0.4) is 0 Å². The van der Waals surface area contributed by atoms with Crippen LogP contribution >= 0.6 is 11.6 Å². The summed E-state index contributed by atoms with van der Waals surface area (Å²) >= 11 is 5.84. The van der Waals surface area contributed by atoms with Crippen LogP contribution in [-0.2, 0) is 19.1 Å². The Morgan fingerprint density at radius 3 is 2.26 bits per heavy atom. The van der Waals surface area contributed by atoms with E-state index in [0.29, 0.717) is 5.69 Å². The second kappa shape index (κ2) is 9.16. The maximum Gasteiger partial charge on any atom is 0.573 e. The number of hydrogen-bond donors (Lipinski definition) is 0. The highest BCUT2D eigenvalue weighted by Gasteiger charge is 2.32. The molecule has 0 saturated carbocycles. The van der Waals surface area contributed by atoms with Crippen LogP contribution in [0.25, 0.3) is 0 Å². The lowest BCUT2D eigenvalue weighted by molar-refractivity contribution is -0.274. The van der Waals surface area contributed by atoms with Crippen LogP contribution in [-0.4, -0.2) is 44.1 Å². The molecular formula is C17H21ClF3NO5. The summed E-state index contributed by atoms with van der Waals surface area (Å²) in [4.78, 5) is 25.0. The van der Waals surface area contributed by atoms with Crippen molar-refractivity contribution in [1.82, 2.24) is 0 Å². The molecule has 0 unspecified atom stereocenters. The first-order chi connectivity index (χ1) is 12.3. The number of benzene rings is 1. The standard InChI is InChI=1S/C17H21ClF3NO5/c1-16(2,3)27-14(23)7-8-22(10-15(24)25-4)11-5-6-13(12(18)9-11)26-17(19,20)21/h5-6,9H,7-8,10H2,1-4H3.